The molecule has 47 heavy (non-hydrogen) atoms. The lowest BCUT2D eigenvalue weighted by Gasteiger charge is -2.39. The van der Waals surface area contributed by atoms with E-state index in [-0.39, 0.29) is 48.2 Å². The van der Waals surface area contributed by atoms with Gasteiger partial charge in [0.15, 0.2) is 5.76 Å². The molecule has 4 aliphatic rings. The average molecular weight is 643 g/mol. The van der Waals surface area contributed by atoms with Gasteiger partial charge in [0, 0.05) is 29.3 Å². The normalized spacial score (nSPS) is 23.9. The zero-order valence-corrected chi connectivity index (χ0v) is 27.0. The molecule has 4 bridgehead atoms. The molecule has 0 aliphatic heterocycles. The standard InChI is InChI=1S/C36H42N4O7/c1-21-26-9-4-6-12-29(26)47-32(21)34(44)38-27(10-5-7-13-31(42)46-3)33(43)39-28-11-8-14-40(35(28)45)20-30(41)37-22(2)36-18-23-15-24(19-36)17-25(36)16-23/h4,6-9,11-14,22-25,27H,5,10,15-20H2,1-3H3,(H,37,41)(H,38,44)(H,39,43)/b13-7+/t22?,23?,24?,25?,27-,36?/m0/s1. The number of pyridine rings is 1. The number of aromatic nitrogens is 1. The topological polar surface area (TPSA) is 149 Å². The number of esters is 1. The van der Waals surface area contributed by atoms with Gasteiger partial charge < -0.3 is 29.7 Å². The van der Waals surface area contributed by atoms with Gasteiger partial charge in [0.05, 0.1) is 7.11 Å². The molecule has 11 heteroatoms. The number of nitrogens with one attached hydrogen (secondary N) is 3. The Labute approximate surface area is 273 Å². The van der Waals surface area contributed by atoms with Crippen molar-refractivity contribution in [3.05, 3.63) is 76.4 Å². The highest BCUT2D eigenvalue weighted by Gasteiger charge is 2.59. The molecule has 2 aromatic heterocycles. The van der Waals surface area contributed by atoms with Crippen molar-refractivity contribution < 1.29 is 28.3 Å². The molecule has 3 unspecified atom stereocenters. The maximum atomic E-state index is 13.5. The van der Waals surface area contributed by atoms with E-state index < -0.39 is 29.4 Å². The fourth-order valence-electron chi connectivity index (χ4n) is 8.52. The number of anilines is 1. The van der Waals surface area contributed by atoms with Gasteiger partial charge in [-0.2, -0.15) is 0 Å². The number of fused-ring (bicyclic) bond motifs is 1. The average Bonchev–Trinajstić information content (AvgIpc) is 3.62. The first-order chi connectivity index (χ1) is 22.6. The molecule has 3 aromatic rings. The first-order valence-electron chi connectivity index (χ1n) is 16.4. The Kier molecular flexibility index (Phi) is 9.07. The number of allylic oxidation sites excluding steroid dienone is 1. The third-order valence-electron chi connectivity index (χ3n) is 10.6. The minimum absolute atomic E-state index is 0.0204. The molecule has 0 saturated heterocycles. The summed E-state index contributed by atoms with van der Waals surface area (Å²) in [4.78, 5) is 64.9. The second-order valence-electron chi connectivity index (χ2n) is 13.5. The second-order valence-corrected chi connectivity index (χ2v) is 13.5. The molecule has 3 N–H and O–H groups in total. The number of carbonyl (C=O) groups excluding carboxylic acids is 4. The van der Waals surface area contributed by atoms with Crippen molar-refractivity contribution in [1.29, 1.82) is 0 Å². The van der Waals surface area contributed by atoms with Gasteiger partial charge in [-0.25, -0.2) is 4.79 Å². The van der Waals surface area contributed by atoms with Crippen LogP contribution in [0.1, 0.15) is 68.0 Å². The van der Waals surface area contributed by atoms with Crippen LogP contribution in [0.25, 0.3) is 11.0 Å². The number of para-hydroxylation sites is 1. The van der Waals surface area contributed by atoms with E-state index in [0.717, 1.165) is 17.2 Å². The fourth-order valence-corrected chi connectivity index (χ4v) is 8.52. The molecule has 248 valence electrons. The first-order valence-corrected chi connectivity index (χ1v) is 16.4. The van der Waals surface area contributed by atoms with E-state index in [4.69, 9.17) is 4.42 Å². The van der Waals surface area contributed by atoms with Crippen molar-refractivity contribution in [2.45, 2.75) is 77.4 Å². The first kappa shape index (κ1) is 32.3. The van der Waals surface area contributed by atoms with Crippen LogP contribution in [-0.2, 0) is 25.7 Å². The summed E-state index contributed by atoms with van der Waals surface area (Å²) in [7, 11) is 1.26. The van der Waals surface area contributed by atoms with Crippen molar-refractivity contribution in [3.63, 3.8) is 0 Å². The van der Waals surface area contributed by atoms with Gasteiger partial charge in [-0.3, -0.25) is 19.2 Å². The summed E-state index contributed by atoms with van der Waals surface area (Å²) >= 11 is 0. The summed E-state index contributed by atoms with van der Waals surface area (Å²) in [6.45, 7) is 3.69. The van der Waals surface area contributed by atoms with Crippen molar-refractivity contribution in [2.24, 2.45) is 23.2 Å². The smallest absolute Gasteiger partial charge is 0.330 e. The van der Waals surface area contributed by atoms with Gasteiger partial charge in [0.25, 0.3) is 11.5 Å². The van der Waals surface area contributed by atoms with Gasteiger partial charge in [-0.1, -0.05) is 24.3 Å². The van der Waals surface area contributed by atoms with E-state index in [2.05, 4.69) is 27.6 Å². The number of benzene rings is 1. The van der Waals surface area contributed by atoms with Gasteiger partial charge in [0.1, 0.15) is 23.9 Å². The van der Waals surface area contributed by atoms with E-state index >= 15 is 0 Å². The SMILES string of the molecule is COC(=O)/C=C/CC[C@H](NC(=O)c1oc2ccccc2c1C)C(=O)Nc1cccn(CC(=O)NC(C)C23CC4CC(CC2C4)C3)c1=O. The molecular weight excluding hydrogens is 600 g/mol. The van der Waals surface area contributed by atoms with Gasteiger partial charge in [-0.15, -0.1) is 0 Å². The minimum Gasteiger partial charge on any atom is -0.466 e. The monoisotopic (exact) mass is 642 g/mol. The largest absolute Gasteiger partial charge is 0.466 e. The van der Waals surface area contributed by atoms with Crippen molar-refractivity contribution in [2.75, 3.05) is 12.4 Å². The number of ether oxygens (including phenoxy) is 1. The molecule has 0 radical (unpaired) electrons. The molecule has 4 atom stereocenters. The summed E-state index contributed by atoms with van der Waals surface area (Å²) < 4.78 is 11.7. The molecule has 4 fully saturated rings. The van der Waals surface area contributed by atoms with Crippen LogP contribution in [0.15, 0.2) is 64.0 Å². The van der Waals surface area contributed by atoms with Gasteiger partial charge >= 0.3 is 5.97 Å². The fraction of sp³-hybridized carbons (Fsp3) is 0.472. The predicted octanol–water partition coefficient (Wildman–Crippen LogP) is 4.48. The maximum absolute atomic E-state index is 13.5. The van der Waals surface area contributed by atoms with Crippen LogP contribution in [0.3, 0.4) is 0 Å². The van der Waals surface area contributed by atoms with Crippen molar-refractivity contribution in [1.82, 2.24) is 15.2 Å². The number of hydrogen-bond donors (Lipinski definition) is 3. The third-order valence-corrected chi connectivity index (χ3v) is 10.6. The highest BCUT2D eigenvalue weighted by atomic mass is 16.5. The van der Waals surface area contributed by atoms with Crippen molar-refractivity contribution >= 4 is 40.3 Å². The summed E-state index contributed by atoms with van der Waals surface area (Å²) in [5.41, 5.74) is 0.785. The van der Waals surface area contributed by atoms with Crippen molar-refractivity contribution in [3.8, 4) is 0 Å². The van der Waals surface area contributed by atoms with Crippen LogP contribution >= 0.6 is 0 Å². The number of furan rings is 1. The number of rotatable bonds is 12. The Bertz CT molecular complexity index is 1770. The summed E-state index contributed by atoms with van der Waals surface area (Å²) in [5, 5.41) is 9.34. The quantitative estimate of drug-likeness (QED) is 0.195. The Morgan fingerprint density at radius 2 is 1.81 bits per heavy atom. The number of nitrogens with zero attached hydrogens (tertiary/aromatic N) is 1. The minimum atomic E-state index is -1.08. The van der Waals surface area contributed by atoms with Gasteiger partial charge in [0.2, 0.25) is 11.8 Å². The molecule has 2 heterocycles. The second kappa shape index (κ2) is 13.2. The van der Waals surface area contributed by atoms with Crippen LogP contribution in [0, 0.1) is 30.1 Å². The van der Waals surface area contributed by atoms with Crippen LogP contribution in [-0.4, -0.2) is 47.5 Å². The lowest BCUT2D eigenvalue weighted by Crippen LogP contribution is -2.48. The van der Waals surface area contributed by atoms with Gasteiger partial charge in [-0.05, 0) is 100 Å². The van der Waals surface area contributed by atoms with E-state index in [1.54, 1.807) is 31.2 Å². The molecule has 0 spiro atoms. The van der Waals surface area contributed by atoms with E-state index in [0.29, 0.717) is 17.1 Å². The predicted molar refractivity (Wildman–Crippen MR) is 176 cm³/mol. The van der Waals surface area contributed by atoms with E-state index in [9.17, 15) is 24.0 Å². The number of methoxy groups -OCH3 is 1. The van der Waals surface area contributed by atoms with Crippen LogP contribution < -0.4 is 21.5 Å². The lowest BCUT2D eigenvalue weighted by atomic mass is 9.71. The number of amides is 3. The highest BCUT2D eigenvalue weighted by molar-refractivity contribution is 6.03. The lowest BCUT2D eigenvalue weighted by molar-refractivity contribution is -0.134. The van der Waals surface area contributed by atoms with Crippen LogP contribution in [0.5, 0.6) is 0 Å². The molecule has 7 rings (SSSR count). The highest BCUT2D eigenvalue weighted by Crippen LogP contribution is 2.66. The Morgan fingerprint density at radius 3 is 2.53 bits per heavy atom. The molecular formula is C36H42N4O7. The molecule has 4 saturated carbocycles. The Hall–Kier alpha value is -4.67. The van der Waals surface area contributed by atoms with Crippen LogP contribution in [0.2, 0.25) is 0 Å². The molecule has 3 amide bonds. The zero-order chi connectivity index (χ0) is 33.3. The number of carbonyl (C=O) groups is 4. The molecule has 11 nitrogen and oxygen atoms in total. The van der Waals surface area contributed by atoms with E-state index in [1.807, 2.05) is 12.1 Å². The molecule has 1 aromatic carbocycles. The van der Waals surface area contributed by atoms with E-state index in [1.165, 1.54) is 62.1 Å². The Balaban J connectivity index is 1.13. The maximum Gasteiger partial charge on any atom is 0.330 e. The Morgan fingerprint density at radius 1 is 1.06 bits per heavy atom. The summed E-state index contributed by atoms with van der Waals surface area (Å²) in [5.74, 6) is 0.293. The number of aryl methyl sites for hydroxylation is 1. The number of hydrogen-bond acceptors (Lipinski definition) is 7. The molecule has 4 aliphatic carbocycles. The zero-order valence-electron chi connectivity index (χ0n) is 27.0. The third kappa shape index (κ3) is 6.48. The summed E-state index contributed by atoms with van der Waals surface area (Å²) in [6, 6.07) is 9.25. The summed E-state index contributed by atoms with van der Waals surface area (Å²) in [6.07, 6.45) is 10.9. The van der Waals surface area contributed by atoms with Crippen LogP contribution in [0.4, 0.5) is 5.69 Å².